The number of hydrogen-bond donors (Lipinski definition) is 1. The van der Waals surface area contributed by atoms with Gasteiger partial charge in [0.05, 0.1) is 15.6 Å². The Labute approximate surface area is 169 Å². The standard InChI is InChI=1S/C19H20Cl2N2O3S/c1-13-5-6-14(19(24)22-17-8-7-15(20)12-16(17)21)11-18(13)27(25,26)23-9-3-2-4-10-23/h5-8,11-12H,2-4,9-10H2,1H3,(H,22,24). The molecule has 1 N–H and O–H groups in total. The van der Waals surface area contributed by atoms with E-state index in [0.717, 1.165) is 19.3 Å². The van der Waals surface area contributed by atoms with Crippen LogP contribution >= 0.6 is 23.2 Å². The normalized spacial score (nSPS) is 15.5. The quantitative estimate of drug-likeness (QED) is 0.767. The van der Waals surface area contributed by atoms with E-state index in [1.54, 1.807) is 31.2 Å². The van der Waals surface area contributed by atoms with E-state index in [-0.39, 0.29) is 10.5 Å². The fourth-order valence-electron chi connectivity index (χ4n) is 3.05. The van der Waals surface area contributed by atoms with E-state index in [1.165, 1.54) is 16.4 Å². The summed E-state index contributed by atoms with van der Waals surface area (Å²) in [5.74, 6) is -0.436. The van der Waals surface area contributed by atoms with Gasteiger partial charge in [0.2, 0.25) is 10.0 Å². The van der Waals surface area contributed by atoms with Crippen LogP contribution in [0.25, 0.3) is 0 Å². The number of nitrogens with one attached hydrogen (secondary N) is 1. The second-order valence-electron chi connectivity index (χ2n) is 6.52. The van der Waals surface area contributed by atoms with Crippen LogP contribution in [0.4, 0.5) is 5.69 Å². The van der Waals surface area contributed by atoms with E-state index in [0.29, 0.717) is 34.4 Å². The monoisotopic (exact) mass is 426 g/mol. The Morgan fingerprint density at radius 3 is 2.41 bits per heavy atom. The Bertz CT molecular complexity index is 971. The summed E-state index contributed by atoms with van der Waals surface area (Å²) in [6, 6.07) is 9.42. The van der Waals surface area contributed by atoms with Crippen molar-refractivity contribution in [2.45, 2.75) is 31.1 Å². The van der Waals surface area contributed by atoms with Crippen LogP contribution in [0.1, 0.15) is 35.2 Å². The molecular weight excluding hydrogens is 407 g/mol. The van der Waals surface area contributed by atoms with Gasteiger partial charge in [-0.1, -0.05) is 35.7 Å². The average molecular weight is 427 g/mol. The van der Waals surface area contributed by atoms with Gasteiger partial charge in [0.25, 0.3) is 5.91 Å². The molecule has 0 aromatic heterocycles. The lowest BCUT2D eigenvalue weighted by atomic mass is 10.1. The number of carbonyl (C=O) groups is 1. The number of piperidine rings is 1. The molecule has 1 aliphatic rings. The van der Waals surface area contributed by atoms with Gasteiger partial charge in [0, 0.05) is 23.7 Å². The van der Waals surface area contributed by atoms with Crippen LogP contribution in [0.3, 0.4) is 0 Å². The summed E-state index contributed by atoms with van der Waals surface area (Å²) >= 11 is 12.0. The zero-order chi connectivity index (χ0) is 19.6. The van der Waals surface area contributed by atoms with Gasteiger partial charge in [-0.3, -0.25) is 4.79 Å². The topological polar surface area (TPSA) is 66.5 Å². The number of nitrogens with zero attached hydrogens (tertiary/aromatic N) is 1. The first kappa shape index (κ1) is 20.1. The zero-order valence-electron chi connectivity index (χ0n) is 14.8. The highest BCUT2D eigenvalue weighted by atomic mass is 35.5. The largest absolute Gasteiger partial charge is 0.321 e. The summed E-state index contributed by atoms with van der Waals surface area (Å²) in [4.78, 5) is 12.8. The fourth-order valence-corrected chi connectivity index (χ4v) is 5.27. The molecule has 2 aromatic rings. The molecule has 8 heteroatoms. The van der Waals surface area contributed by atoms with E-state index in [1.807, 2.05) is 0 Å². The van der Waals surface area contributed by atoms with E-state index in [4.69, 9.17) is 23.2 Å². The lowest BCUT2D eigenvalue weighted by Gasteiger charge is -2.26. The Balaban J connectivity index is 1.89. The predicted octanol–water partition coefficient (Wildman–Crippen LogP) is 4.73. The number of carbonyl (C=O) groups excluding carboxylic acids is 1. The molecule has 1 fully saturated rings. The summed E-state index contributed by atoms with van der Waals surface area (Å²) in [5, 5.41) is 3.46. The second kappa shape index (κ2) is 8.19. The van der Waals surface area contributed by atoms with Crippen molar-refractivity contribution in [2.24, 2.45) is 0 Å². The number of sulfonamides is 1. The molecule has 1 saturated heterocycles. The first-order chi connectivity index (χ1) is 12.8. The third kappa shape index (κ3) is 4.46. The van der Waals surface area contributed by atoms with E-state index < -0.39 is 15.9 Å². The van der Waals surface area contributed by atoms with Crippen molar-refractivity contribution in [2.75, 3.05) is 18.4 Å². The molecular formula is C19H20Cl2N2O3S. The molecule has 2 aromatic carbocycles. The number of halogens is 2. The van der Waals surface area contributed by atoms with E-state index >= 15 is 0 Å². The van der Waals surface area contributed by atoms with Crippen LogP contribution in [-0.2, 0) is 10.0 Å². The van der Waals surface area contributed by atoms with E-state index in [2.05, 4.69) is 5.32 Å². The minimum absolute atomic E-state index is 0.166. The maximum Gasteiger partial charge on any atom is 0.255 e. The molecule has 1 amide bonds. The van der Waals surface area contributed by atoms with Crippen LogP contribution in [-0.4, -0.2) is 31.7 Å². The van der Waals surface area contributed by atoms with Crippen LogP contribution in [0, 0.1) is 6.92 Å². The highest BCUT2D eigenvalue weighted by molar-refractivity contribution is 7.89. The van der Waals surface area contributed by atoms with Gasteiger partial charge >= 0.3 is 0 Å². The lowest BCUT2D eigenvalue weighted by Crippen LogP contribution is -2.36. The van der Waals surface area contributed by atoms with Gasteiger partial charge in [-0.05, 0) is 55.7 Å². The molecule has 0 atom stereocenters. The molecule has 0 saturated carbocycles. The van der Waals surface area contributed by atoms with Crippen molar-refractivity contribution in [1.29, 1.82) is 0 Å². The maximum atomic E-state index is 13.0. The fraction of sp³-hybridized carbons (Fsp3) is 0.316. The van der Waals surface area contributed by atoms with Crippen molar-refractivity contribution in [1.82, 2.24) is 4.31 Å². The highest BCUT2D eigenvalue weighted by Crippen LogP contribution is 2.27. The van der Waals surface area contributed by atoms with Crippen molar-refractivity contribution in [3.05, 3.63) is 57.6 Å². The SMILES string of the molecule is Cc1ccc(C(=O)Nc2ccc(Cl)cc2Cl)cc1S(=O)(=O)N1CCCCC1. The number of benzene rings is 2. The van der Waals surface area contributed by atoms with Gasteiger partial charge in [0.15, 0.2) is 0 Å². The maximum absolute atomic E-state index is 13.0. The van der Waals surface area contributed by atoms with Gasteiger partial charge in [-0.2, -0.15) is 4.31 Å². The molecule has 0 spiro atoms. The zero-order valence-corrected chi connectivity index (χ0v) is 17.2. The highest BCUT2D eigenvalue weighted by Gasteiger charge is 2.28. The number of anilines is 1. The minimum Gasteiger partial charge on any atom is -0.321 e. The third-order valence-electron chi connectivity index (χ3n) is 4.56. The molecule has 0 radical (unpaired) electrons. The Morgan fingerprint density at radius 2 is 1.74 bits per heavy atom. The molecule has 3 rings (SSSR count). The summed E-state index contributed by atoms with van der Waals surface area (Å²) in [7, 11) is -3.63. The van der Waals surface area contributed by atoms with Crippen LogP contribution < -0.4 is 5.32 Å². The summed E-state index contributed by atoms with van der Waals surface area (Å²) in [5.41, 5.74) is 1.27. The molecule has 1 aliphatic heterocycles. The number of hydrogen-bond acceptors (Lipinski definition) is 3. The third-order valence-corrected chi connectivity index (χ3v) is 7.15. The Hall–Kier alpha value is -1.60. The van der Waals surface area contributed by atoms with E-state index in [9.17, 15) is 13.2 Å². The molecule has 27 heavy (non-hydrogen) atoms. The van der Waals surface area contributed by atoms with Gasteiger partial charge in [-0.25, -0.2) is 8.42 Å². The minimum atomic E-state index is -3.63. The first-order valence-corrected chi connectivity index (χ1v) is 10.9. The lowest BCUT2D eigenvalue weighted by molar-refractivity contribution is 0.102. The van der Waals surface area contributed by atoms with Crippen LogP contribution in [0.15, 0.2) is 41.3 Å². The first-order valence-electron chi connectivity index (χ1n) is 8.66. The van der Waals surface area contributed by atoms with Gasteiger partial charge in [-0.15, -0.1) is 0 Å². The summed E-state index contributed by atoms with van der Waals surface area (Å²) in [6.45, 7) is 2.76. The molecule has 0 aliphatic carbocycles. The molecule has 5 nitrogen and oxygen atoms in total. The predicted molar refractivity (Wildman–Crippen MR) is 108 cm³/mol. The van der Waals surface area contributed by atoms with Crippen molar-refractivity contribution >= 4 is 44.8 Å². The number of amides is 1. The second-order valence-corrected chi connectivity index (χ2v) is 9.27. The molecule has 1 heterocycles. The van der Waals surface area contributed by atoms with Crippen LogP contribution in [0.2, 0.25) is 10.0 Å². The molecule has 144 valence electrons. The van der Waals surface area contributed by atoms with Gasteiger partial charge < -0.3 is 5.32 Å². The smallest absolute Gasteiger partial charge is 0.255 e. The van der Waals surface area contributed by atoms with Crippen molar-refractivity contribution in [3.63, 3.8) is 0 Å². The van der Waals surface area contributed by atoms with Gasteiger partial charge in [0.1, 0.15) is 0 Å². The van der Waals surface area contributed by atoms with Crippen LogP contribution in [0.5, 0.6) is 0 Å². The summed E-state index contributed by atoms with van der Waals surface area (Å²) in [6.07, 6.45) is 2.75. The van der Waals surface area contributed by atoms with Crippen molar-refractivity contribution in [3.8, 4) is 0 Å². The number of rotatable bonds is 4. The Morgan fingerprint density at radius 1 is 1.04 bits per heavy atom. The van der Waals surface area contributed by atoms with Crippen molar-refractivity contribution < 1.29 is 13.2 Å². The molecule has 0 unspecified atom stereocenters. The molecule has 0 bridgehead atoms. The Kier molecular flexibility index (Phi) is 6.11. The summed E-state index contributed by atoms with van der Waals surface area (Å²) < 4.78 is 27.5. The number of aryl methyl sites for hydroxylation is 1. The average Bonchev–Trinajstić information content (AvgIpc) is 2.65.